The predicted octanol–water partition coefficient (Wildman–Crippen LogP) is 5.02. The summed E-state index contributed by atoms with van der Waals surface area (Å²) >= 11 is 3.54. The van der Waals surface area contributed by atoms with Gasteiger partial charge >= 0.3 is 0 Å². The van der Waals surface area contributed by atoms with Crippen molar-refractivity contribution in [3.8, 4) is 0 Å². The molecule has 180 valence electrons. The summed E-state index contributed by atoms with van der Waals surface area (Å²) in [7, 11) is 1.94. The van der Waals surface area contributed by atoms with Crippen LogP contribution in [0.2, 0.25) is 0 Å². The summed E-state index contributed by atoms with van der Waals surface area (Å²) < 4.78 is 1.03. The van der Waals surface area contributed by atoms with E-state index in [4.69, 9.17) is 0 Å². The molecule has 3 aromatic rings. The number of halogens is 1. The third-order valence-electron chi connectivity index (χ3n) is 7.95. The number of likely N-dealkylation sites (N-methyl/N-ethyl adjacent to an activating group) is 1. The second-order valence-electron chi connectivity index (χ2n) is 9.93. The van der Waals surface area contributed by atoms with Gasteiger partial charge < -0.3 is 14.8 Å². The van der Waals surface area contributed by atoms with Gasteiger partial charge in [0.15, 0.2) is 0 Å². The number of hydrogen-bond donors (Lipinski definition) is 1. The first-order chi connectivity index (χ1) is 16.5. The SMILES string of the molecule is CN(CCN1CCC(c2ccccc2)(N2CCCC2)CC1)C(=O)Cc1c[nH]c2ccc(Br)cc12. The van der Waals surface area contributed by atoms with Crippen LogP contribution in [-0.2, 0) is 16.8 Å². The molecule has 2 aliphatic heterocycles. The van der Waals surface area contributed by atoms with Crippen molar-refractivity contribution in [2.45, 2.75) is 37.6 Å². The number of piperidine rings is 1. The number of aromatic nitrogens is 1. The van der Waals surface area contributed by atoms with Crippen molar-refractivity contribution >= 4 is 32.7 Å². The zero-order valence-corrected chi connectivity index (χ0v) is 21.7. The molecular weight excluding hydrogens is 488 g/mol. The molecule has 1 N–H and O–H groups in total. The van der Waals surface area contributed by atoms with Crippen LogP contribution in [0.4, 0.5) is 0 Å². The molecule has 0 saturated carbocycles. The fourth-order valence-electron chi connectivity index (χ4n) is 5.84. The van der Waals surface area contributed by atoms with Gasteiger partial charge in [0.05, 0.1) is 6.42 Å². The molecule has 5 nitrogen and oxygen atoms in total. The Morgan fingerprint density at radius 1 is 1.06 bits per heavy atom. The molecule has 0 atom stereocenters. The Labute approximate surface area is 211 Å². The zero-order valence-electron chi connectivity index (χ0n) is 20.1. The van der Waals surface area contributed by atoms with E-state index < -0.39 is 0 Å². The summed E-state index contributed by atoms with van der Waals surface area (Å²) in [5.74, 6) is 0.175. The van der Waals surface area contributed by atoms with Crippen molar-refractivity contribution < 1.29 is 4.79 Å². The van der Waals surface area contributed by atoms with E-state index in [9.17, 15) is 4.79 Å². The number of aromatic amines is 1. The molecule has 6 heteroatoms. The molecule has 0 bridgehead atoms. The lowest BCUT2D eigenvalue weighted by molar-refractivity contribution is -0.129. The summed E-state index contributed by atoms with van der Waals surface area (Å²) in [6.07, 6.45) is 7.36. The number of carbonyl (C=O) groups excluding carboxylic acids is 1. The van der Waals surface area contributed by atoms with E-state index >= 15 is 0 Å². The van der Waals surface area contributed by atoms with Crippen LogP contribution < -0.4 is 0 Å². The minimum absolute atomic E-state index is 0.175. The number of benzene rings is 2. The summed E-state index contributed by atoms with van der Waals surface area (Å²) in [6.45, 7) is 6.32. The van der Waals surface area contributed by atoms with Crippen molar-refractivity contribution in [1.82, 2.24) is 19.7 Å². The Kier molecular flexibility index (Phi) is 7.09. The maximum absolute atomic E-state index is 12.9. The van der Waals surface area contributed by atoms with Gasteiger partial charge in [-0.3, -0.25) is 9.69 Å². The number of fused-ring (bicyclic) bond motifs is 1. The van der Waals surface area contributed by atoms with Crippen molar-refractivity contribution in [3.63, 3.8) is 0 Å². The molecule has 5 rings (SSSR count). The molecule has 34 heavy (non-hydrogen) atoms. The van der Waals surface area contributed by atoms with Crippen molar-refractivity contribution in [1.29, 1.82) is 0 Å². The average Bonchev–Trinajstić information content (AvgIpc) is 3.54. The van der Waals surface area contributed by atoms with Crippen LogP contribution >= 0.6 is 15.9 Å². The number of rotatable bonds is 7. The van der Waals surface area contributed by atoms with Crippen LogP contribution in [0.5, 0.6) is 0 Å². The third kappa shape index (κ3) is 4.81. The van der Waals surface area contributed by atoms with E-state index in [1.165, 1.54) is 44.3 Å². The minimum atomic E-state index is 0.175. The van der Waals surface area contributed by atoms with Gasteiger partial charge in [0.2, 0.25) is 5.91 Å². The average molecular weight is 524 g/mol. The molecule has 1 aromatic heterocycles. The number of amides is 1. The molecule has 0 unspecified atom stereocenters. The van der Waals surface area contributed by atoms with Crippen LogP contribution in [0, 0.1) is 0 Å². The second-order valence-corrected chi connectivity index (χ2v) is 10.8. The molecule has 2 saturated heterocycles. The quantitative estimate of drug-likeness (QED) is 0.473. The standard InChI is InChI=1S/C28H35BrN4O/c1-31(27(34)19-22-21-30-26-10-9-24(29)20-25(22)26)17-18-32-15-11-28(12-16-32,33-13-5-6-14-33)23-7-3-2-4-8-23/h2-4,7-10,20-21,30H,5-6,11-19H2,1H3. The highest BCUT2D eigenvalue weighted by Gasteiger charge is 2.42. The van der Waals surface area contributed by atoms with Crippen LogP contribution in [0.3, 0.4) is 0 Å². The number of hydrogen-bond acceptors (Lipinski definition) is 3. The van der Waals surface area contributed by atoms with Gasteiger partial charge in [0, 0.05) is 60.3 Å². The largest absolute Gasteiger partial charge is 0.361 e. The maximum Gasteiger partial charge on any atom is 0.226 e. The van der Waals surface area contributed by atoms with Crippen molar-refractivity contribution in [2.75, 3.05) is 46.3 Å². The predicted molar refractivity (Wildman–Crippen MR) is 142 cm³/mol. The molecule has 3 heterocycles. The van der Waals surface area contributed by atoms with Gasteiger partial charge in [-0.05, 0) is 68.1 Å². The minimum Gasteiger partial charge on any atom is -0.361 e. The van der Waals surface area contributed by atoms with Gasteiger partial charge in [0.25, 0.3) is 0 Å². The number of nitrogens with zero attached hydrogens (tertiary/aromatic N) is 3. The van der Waals surface area contributed by atoms with Crippen LogP contribution in [-0.4, -0.2) is 71.9 Å². The summed E-state index contributed by atoms with van der Waals surface area (Å²) in [5, 5.41) is 1.12. The highest BCUT2D eigenvalue weighted by atomic mass is 79.9. The normalized spacial score (nSPS) is 19.0. The number of carbonyl (C=O) groups is 1. The maximum atomic E-state index is 12.9. The van der Waals surface area contributed by atoms with Crippen LogP contribution in [0.1, 0.15) is 36.8 Å². The van der Waals surface area contributed by atoms with E-state index in [0.717, 1.165) is 47.1 Å². The van der Waals surface area contributed by atoms with Gasteiger partial charge in [-0.1, -0.05) is 46.3 Å². The molecule has 0 aliphatic carbocycles. The van der Waals surface area contributed by atoms with E-state index in [1.807, 2.05) is 30.3 Å². The second kappa shape index (κ2) is 10.2. The Balaban J connectivity index is 1.17. The molecule has 2 aromatic carbocycles. The molecule has 0 spiro atoms. The lowest BCUT2D eigenvalue weighted by Crippen LogP contribution is -2.53. The van der Waals surface area contributed by atoms with Gasteiger partial charge in [-0.15, -0.1) is 0 Å². The lowest BCUT2D eigenvalue weighted by Gasteiger charge is -2.48. The van der Waals surface area contributed by atoms with E-state index in [1.54, 1.807) is 0 Å². The van der Waals surface area contributed by atoms with Gasteiger partial charge in [0.1, 0.15) is 0 Å². The van der Waals surface area contributed by atoms with Crippen LogP contribution in [0.25, 0.3) is 10.9 Å². The van der Waals surface area contributed by atoms with Crippen molar-refractivity contribution in [3.05, 3.63) is 70.3 Å². The third-order valence-corrected chi connectivity index (χ3v) is 8.45. The Morgan fingerprint density at radius 2 is 1.79 bits per heavy atom. The summed E-state index contributed by atoms with van der Waals surface area (Å²) in [5.41, 5.74) is 3.79. The molecule has 2 fully saturated rings. The monoisotopic (exact) mass is 522 g/mol. The molecule has 0 radical (unpaired) electrons. The van der Waals surface area contributed by atoms with E-state index in [2.05, 4.69) is 67.1 Å². The summed E-state index contributed by atoms with van der Waals surface area (Å²) in [4.78, 5) is 23.4. The topological polar surface area (TPSA) is 42.6 Å². The zero-order chi connectivity index (χ0) is 23.5. The first-order valence-corrected chi connectivity index (χ1v) is 13.4. The van der Waals surface area contributed by atoms with E-state index in [-0.39, 0.29) is 11.4 Å². The Morgan fingerprint density at radius 3 is 2.53 bits per heavy atom. The smallest absolute Gasteiger partial charge is 0.226 e. The molecule has 1 amide bonds. The number of nitrogens with one attached hydrogen (secondary N) is 1. The van der Waals surface area contributed by atoms with Gasteiger partial charge in [-0.25, -0.2) is 0 Å². The first-order valence-electron chi connectivity index (χ1n) is 12.6. The number of likely N-dealkylation sites (tertiary alicyclic amines) is 2. The highest BCUT2D eigenvalue weighted by molar-refractivity contribution is 9.10. The lowest BCUT2D eigenvalue weighted by atomic mass is 9.79. The first kappa shape index (κ1) is 23.6. The van der Waals surface area contributed by atoms with Crippen molar-refractivity contribution in [2.24, 2.45) is 0 Å². The fourth-order valence-corrected chi connectivity index (χ4v) is 6.20. The Bertz CT molecular complexity index is 1110. The van der Waals surface area contributed by atoms with Gasteiger partial charge in [-0.2, -0.15) is 0 Å². The molecular formula is C28H35BrN4O. The van der Waals surface area contributed by atoms with E-state index in [0.29, 0.717) is 6.42 Å². The molecule has 2 aliphatic rings. The summed E-state index contributed by atoms with van der Waals surface area (Å²) in [6, 6.07) is 17.3. The Hall–Kier alpha value is -2.15. The number of H-pyrrole nitrogens is 1. The highest BCUT2D eigenvalue weighted by Crippen LogP contribution is 2.40. The van der Waals surface area contributed by atoms with Crippen LogP contribution in [0.15, 0.2) is 59.2 Å². The fraction of sp³-hybridized carbons (Fsp3) is 0.464.